The lowest BCUT2D eigenvalue weighted by atomic mass is 10.1. The highest BCUT2D eigenvalue weighted by Crippen LogP contribution is 2.33. The highest BCUT2D eigenvalue weighted by molar-refractivity contribution is 7.19. The van der Waals surface area contributed by atoms with E-state index in [1.807, 2.05) is 0 Å². The second-order valence-electron chi connectivity index (χ2n) is 7.86. The molecule has 1 saturated heterocycles. The maximum absolute atomic E-state index is 4.91. The number of thiophene rings is 1. The molecule has 3 aromatic heterocycles. The number of hydrogen-bond acceptors (Lipinski definition) is 7. The molecule has 4 heterocycles. The molecule has 0 saturated carbocycles. The second kappa shape index (κ2) is 7.67. The summed E-state index contributed by atoms with van der Waals surface area (Å²) in [7, 11) is 2.17. The van der Waals surface area contributed by atoms with Crippen molar-refractivity contribution < 1.29 is 0 Å². The number of likely N-dealkylation sites (N-methyl/N-ethyl adjacent to an activating group) is 1. The van der Waals surface area contributed by atoms with Gasteiger partial charge in [0.2, 0.25) is 5.95 Å². The highest BCUT2D eigenvalue weighted by atomic mass is 32.1. The van der Waals surface area contributed by atoms with Crippen LogP contribution in [0.1, 0.15) is 43.7 Å². The predicted octanol–water partition coefficient (Wildman–Crippen LogP) is 4.12. The monoisotopic (exact) mass is 399 g/mol. The van der Waals surface area contributed by atoms with Crippen molar-refractivity contribution in [3.8, 4) is 0 Å². The first kappa shape index (κ1) is 19.1. The minimum atomic E-state index is 0.458. The van der Waals surface area contributed by atoms with Crippen molar-refractivity contribution in [3.05, 3.63) is 22.7 Å². The number of rotatable bonds is 5. The molecule has 0 aliphatic carbocycles. The summed E-state index contributed by atoms with van der Waals surface area (Å²) >= 11 is 1.72. The van der Waals surface area contributed by atoms with E-state index in [-0.39, 0.29) is 0 Å². The summed E-state index contributed by atoms with van der Waals surface area (Å²) in [6, 6.07) is 4.71. The Kier molecular flexibility index (Phi) is 5.25. The lowest BCUT2D eigenvalue weighted by Gasteiger charge is -2.37. The van der Waals surface area contributed by atoms with E-state index in [4.69, 9.17) is 9.97 Å². The van der Waals surface area contributed by atoms with E-state index >= 15 is 0 Å². The van der Waals surface area contributed by atoms with Crippen LogP contribution in [0.25, 0.3) is 10.2 Å². The molecule has 150 valence electrons. The molecular weight excluding hydrogens is 370 g/mol. The molecule has 2 N–H and O–H groups in total. The van der Waals surface area contributed by atoms with E-state index < -0.39 is 0 Å². The molecule has 8 heteroatoms. The molecule has 1 aliphatic rings. The second-order valence-corrected chi connectivity index (χ2v) is 9.12. The summed E-state index contributed by atoms with van der Waals surface area (Å²) in [6.07, 6.45) is 1.08. The van der Waals surface area contributed by atoms with Gasteiger partial charge < -0.3 is 15.1 Å². The van der Waals surface area contributed by atoms with Crippen LogP contribution in [0.4, 0.5) is 17.6 Å². The van der Waals surface area contributed by atoms with Gasteiger partial charge in [-0.3, -0.25) is 5.10 Å². The molecule has 0 aromatic carbocycles. The Bertz CT molecular complexity index is 963. The van der Waals surface area contributed by atoms with Gasteiger partial charge in [0, 0.05) is 42.3 Å². The predicted molar refractivity (Wildman–Crippen MR) is 117 cm³/mol. The summed E-state index contributed by atoms with van der Waals surface area (Å²) in [6.45, 7) is 11.6. The molecule has 1 fully saturated rings. The fourth-order valence-electron chi connectivity index (χ4n) is 3.49. The Morgan fingerprint density at radius 3 is 2.89 bits per heavy atom. The van der Waals surface area contributed by atoms with Crippen LogP contribution in [0.3, 0.4) is 0 Å². The SMILES string of the molecule is CCC(C)c1cc(Nc2nc(N3CCN(C)C(C)C3)nc3cc(C)sc23)n[nH]1. The van der Waals surface area contributed by atoms with Crippen LogP contribution < -0.4 is 10.2 Å². The summed E-state index contributed by atoms with van der Waals surface area (Å²) in [5, 5.41) is 11.0. The zero-order chi connectivity index (χ0) is 19.8. The van der Waals surface area contributed by atoms with E-state index in [0.717, 1.165) is 59.5 Å². The zero-order valence-electron chi connectivity index (χ0n) is 17.3. The van der Waals surface area contributed by atoms with Crippen molar-refractivity contribution in [1.29, 1.82) is 0 Å². The number of aromatic nitrogens is 4. The van der Waals surface area contributed by atoms with E-state index in [1.165, 1.54) is 4.88 Å². The van der Waals surface area contributed by atoms with Crippen LogP contribution >= 0.6 is 11.3 Å². The van der Waals surface area contributed by atoms with Crippen LogP contribution in [0.5, 0.6) is 0 Å². The summed E-state index contributed by atoms with van der Waals surface area (Å²) in [5.74, 6) is 2.90. The Labute approximate surface area is 170 Å². The minimum absolute atomic E-state index is 0.458. The molecule has 1 aliphatic heterocycles. The van der Waals surface area contributed by atoms with Crippen LogP contribution in [0, 0.1) is 6.92 Å². The molecule has 4 rings (SSSR count). The zero-order valence-corrected chi connectivity index (χ0v) is 18.1. The number of piperazine rings is 1. The Morgan fingerprint density at radius 1 is 1.32 bits per heavy atom. The molecule has 7 nitrogen and oxygen atoms in total. The fourth-order valence-corrected chi connectivity index (χ4v) is 4.38. The molecule has 28 heavy (non-hydrogen) atoms. The van der Waals surface area contributed by atoms with E-state index in [1.54, 1.807) is 11.3 Å². The number of nitrogens with zero attached hydrogens (tertiary/aromatic N) is 5. The number of nitrogens with one attached hydrogen (secondary N) is 2. The molecule has 0 amide bonds. The molecule has 2 atom stereocenters. The van der Waals surface area contributed by atoms with Crippen molar-refractivity contribution in [2.75, 3.05) is 36.9 Å². The number of fused-ring (bicyclic) bond motifs is 1. The largest absolute Gasteiger partial charge is 0.338 e. The van der Waals surface area contributed by atoms with Gasteiger partial charge in [0.1, 0.15) is 0 Å². The average Bonchev–Trinajstić information content (AvgIpc) is 3.29. The van der Waals surface area contributed by atoms with Crippen LogP contribution in [-0.2, 0) is 0 Å². The molecule has 0 spiro atoms. The van der Waals surface area contributed by atoms with E-state index in [2.05, 4.69) is 72.2 Å². The summed E-state index contributed by atoms with van der Waals surface area (Å²) < 4.78 is 1.08. The molecule has 3 aromatic rings. The van der Waals surface area contributed by atoms with Crippen LogP contribution in [-0.4, -0.2) is 57.8 Å². The quantitative estimate of drug-likeness (QED) is 0.672. The first-order valence-electron chi connectivity index (χ1n) is 10.00. The number of aryl methyl sites for hydroxylation is 1. The van der Waals surface area contributed by atoms with Crippen molar-refractivity contribution in [2.24, 2.45) is 0 Å². The van der Waals surface area contributed by atoms with Crippen LogP contribution in [0.2, 0.25) is 0 Å². The maximum atomic E-state index is 4.91. The van der Waals surface area contributed by atoms with E-state index in [9.17, 15) is 0 Å². The van der Waals surface area contributed by atoms with Gasteiger partial charge in [-0.15, -0.1) is 11.3 Å². The van der Waals surface area contributed by atoms with Gasteiger partial charge in [-0.1, -0.05) is 13.8 Å². The van der Waals surface area contributed by atoms with E-state index in [0.29, 0.717) is 12.0 Å². The lowest BCUT2D eigenvalue weighted by molar-refractivity contribution is 0.233. The van der Waals surface area contributed by atoms with Gasteiger partial charge in [-0.25, -0.2) is 4.98 Å². The number of H-pyrrole nitrogens is 1. The first-order chi connectivity index (χ1) is 13.4. The topological polar surface area (TPSA) is 73.0 Å². The summed E-state index contributed by atoms with van der Waals surface area (Å²) in [4.78, 5) is 15.7. The van der Waals surface area contributed by atoms with Crippen molar-refractivity contribution in [3.63, 3.8) is 0 Å². The Hall–Kier alpha value is -2.19. The Morgan fingerprint density at radius 2 is 2.14 bits per heavy atom. The third kappa shape index (κ3) is 3.71. The fraction of sp³-hybridized carbons (Fsp3) is 0.550. The third-order valence-electron chi connectivity index (χ3n) is 5.71. The molecular formula is C20H29N7S. The minimum Gasteiger partial charge on any atom is -0.338 e. The van der Waals surface area contributed by atoms with Gasteiger partial charge in [0.25, 0.3) is 0 Å². The van der Waals surface area contributed by atoms with Gasteiger partial charge >= 0.3 is 0 Å². The normalized spacial score (nSPS) is 19.3. The summed E-state index contributed by atoms with van der Waals surface area (Å²) in [5.41, 5.74) is 2.14. The molecule has 2 unspecified atom stereocenters. The Balaban J connectivity index is 1.67. The van der Waals surface area contributed by atoms with Gasteiger partial charge in [-0.05, 0) is 39.3 Å². The highest BCUT2D eigenvalue weighted by Gasteiger charge is 2.24. The smallest absolute Gasteiger partial charge is 0.228 e. The third-order valence-corrected chi connectivity index (χ3v) is 6.76. The lowest BCUT2D eigenvalue weighted by Crippen LogP contribution is -2.50. The number of anilines is 3. The number of aromatic amines is 1. The molecule has 0 radical (unpaired) electrons. The average molecular weight is 400 g/mol. The van der Waals surface area contributed by atoms with Crippen molar-refractivity contribution in [1.82, 2.24) is 25.1 Å². The maximum Gasteiger partial charge on any atom is 0.228 e. The molecule has 0 bridgehead atoms. The van der Waals surface area contributed by atoms with Crippen molar-refractivity contribution in [2.45, 2.75) is 46.1 Å². The van der Waals surface area contributed by atoms with Gasteiger partial charge in [0.05, 0.1) is 10.2 Å². The number of hydrogen-bond donors (Lipinski definition) is 2. The standard InChI is InChI=1S/C20H29N7S/c1-6-12(2)15-10-17(25-24-15)22-19-18-16(9-14(4)28-18)21-20(23-19)27-8-7-26(5)13(3)11-27/h9-10,12-13H,6-8,11H2,1-5H3,(H2,21,22,23,24,25). The first-order valence-corrected chi connectivity index (χ1v) is 10.8. The van der Waals surface area contributed by atoms with Gasteiger partial charge in [-0.2, -0.15) is 10.1 Å². The van der Waals surface area contributed by atoms with Crippen molar-refractivity contribution >= 4 is 39.1 Å². The van der Waals surface area contributed by atoms with Gasteiger partial charge in [0.15, 0.2) is 11.6 Å². The van der Waals surface area contributed by atoms with Crippen LogP contribution in [0.15, 0.2) is 12.1 Å².